The summed E-state index contributed by atoms with van der Waals surface area (Å²) in [6.45, 7) is 0.793. The first-order chi connectivity index (χ1) is 16.2. The van der Waals surface area contributed by atoms with Crippen LogP contribution >= 0.6 is 11.3 Å². The fraction of sp³-hybridized carbons (Fsp3) is 0.364. The Bertz CT molecular complexity index is 1370. The van der Waals surface area contributed by atoms with Crippen LogP contribution in [0, 0.1) is 0 Å². The predicted molar refractivity (Wildman–Crippen MR) is 122 cm³/mol. The van der Waals surface area contributed by atoms with Crippen molar-refractivity contribution in [1.82, 2.24) is 34.4 Å². The Labute approximate surface area is 192 Å². The van der Waals surface area contributed by atoms with Gasteiger partial charge in [-0.15, -0.1) is 10.2 Å². The molecule has 5 heterocycles. The molecule has 1 aliphatic heterocycles. The molecular weight excluding hydrogens is 440 g/mol. The molecule has 0 saturated heterocycles. The van der Waals surface area contributed by atoms with Gasteiger partial charge >= 0.3 is 0 Å². The lowest BCUT2D eigenvalue weighted by Gasteiger charge is -2.15. The van der Waals surface area contributed by atoms with Crippen LogP contribution < -0.4 is 16.2 Å². The molecule has 0 aromatic carbocycles. The van der Waals surface area contributed by atoms with Gasteiger partial charge in [-0.3, -0.25) is 19.1 Å². The number of nitrogens with zero attached hydrogens (tertiary/aromatic N) is 6. The molecule has 0 radical (unpaired) electrons. The average molecular weight is 463 g/mol. The Morgan fingerprint density at radius 1 is 1.18 bits per heavy atom. The Balaban J connectivity index is 1.15. The third-order valence-corrected chi connectivity index (χ3v) is 7.17. The number of carbonyl (C=O) groups excluding carboxylic acids is 1. The van der Waals surface area contributed by atoms with E-state index in [9.17, 15) is 9.59 Å². The van der Waals surface area contributed by atoms with Gasteiger partial charge in [-0.1, -0.05) is 11.3 Å². The maximum atomic E-state index is 13.1. The smallest absolute Gasteiger partial charge is 0.277 e. The van der Waals surface area contributed by atoms with E-state index >= 15 is 0 Å². The van der Waals surface area contributed by atoms with Gasteiger partial charge in [0.15, 0.2) is 0 Å². The van der Waals surface area contributed by atoms with E-state index in [2.05, 4.69) is 30.8 Å². The van der Waals surface area contributed by atoms with Crippen molar-refractivity contribution in [3.05, 3.63) is 68.8 Å². The highest BCUT2D eigenvalue weighted by Gasteiger charge is 2.31. The Hall–Kier alpha value is -3.60. The molecule has 4 aromatic heterocycles. The van der Waals surface area contributed by atoms with Crippen LogP contribution in [-0.2, 0) is 24.3 Å². The second kappa shape index (κ2) is 8.07. The molecule has 1 aliphatic carbocycles. The van der Waals surface area contributed by atoms with Gasteiger partial charge in [-0.25, -0.2) is 4.98 Å². The molecule has 33 heavy (non-hydrogen) atoms. The van der Waals surface area contributed by atoms with Crippen molar-refractivity contribution in [2.75, 3.05) is 5.32 Å². The van der Waals surface area contributed by atoms with Gasteiger partial charge < -0.3 is 15.0 Å². The van der Waals surface area contributed by atoms with Crippen LogP contribution in [-0.4, -0.2) is 35.0 Å². The monoisotopic (exact) mass is 462 g/mol. The Morgan fingerprint density at radius 3 is 2.94 bits per heavy atom. The van der Waals surface area contributed by atoms with Crippen LogP contribution in [0.4, 0.5) is 5.69 Å². The van der Waals surface area contributed by atoms with E-state index in [1.807, 2.05) is 22.9 Å². The molecular formula is C22H22N8O2S. The second-order valence-corrected chi connectivity index (χ2v) is 9.55. The third kappa shape index (κ3) is 3.88. The van der Waals surface area contributed by atoms with Gasteiger partial charge in [0.05, 0.1) is 24.5 Å². The quantitative estimate of drug-likeness (QED) is 0.431. The number of aromatic nitrogens is 6. The van der Waals surface area contributed by atoms with Crippen molar-refractivity contribution in [2.24, 2.45) is 0 Å². The van der Waals surface area contributed by atoms with Gasteiger partial charge in [0, 0.05) is 37.5 Å². The third-order valence-electron chi connectivity index (χ3n) is 6.09. The van der Waals surface area contributed by atoms with Crippen LogP contribution in [0.3, 0.4) is 0 Å². The van der Waals surface area contributed by atoms with Crippen molar-refractivity contribution in [1.29, 1.82) is 0 Å². The van der Waals surface area contributed by atoms with Gasteiger partial charge in [0.2, 0.25) is 5.91 Å². The number of rotatable bonds is 7. The minimum Gasteiger partial charge on any atom is -0.373 e. The van der Waals surface area contributed by atoms with Crippen LogP contribution in [0.25, 0.3) is 5.52 Å². The lowest BCUT2D eigenvalue weighted by Crippen LogP contribution is -2.36. The summed E-state index contributed by atoms with van der Waals surface area (Å²) in [5, 5.41) is 16.5. The lowest BCUT2D eigenvalue weighted by molar-refractivity contribution is -0.124. The standard InChI is InChI=1S/C22H22N8O2S/c31-20(26-8-13-7-15-9-23-5-6-29(15)12-13)17-3-4-18-25-10-16(22(32)30(17)18)24-11-19-27-28-21(33-19)14-1-2-14/h5-7,9-10,12,14,17,24H,1-4,8,11H2,(H,26,31)/t17-/m0/s1. The SMILES string of the molecule is O=C(NCc1cc2cnccn2c1)[C@@H]1CCc2ncc(NCc3nnc(C4CC4)s3)c(=O)n21. The van der Waals surface area contributed by atoms with Crippen molar-refractivity contribution in [3.8, 4) is 0 Å². The van der Waals surface area contributed by atoms with E-state index in [-0.39, 0.29) is 11.5 Å². The molecule has 2 N–H and O–H groups in total. The summed E-state index contributed by atoms with van der Waals surface area (Å²) in [7, 11) is 0. The zero-order chi connectivity index (χ0) is 22.4. The van der Waals surface area contributed by atoms with Gasteiger partial charge in [-0.2, -0.15) is 0 Å². The summed E-state index contributed by atoms with van der Waals surface area (Å²) in [6, 6.07) is 1.41. The van der Waals surface area contributed by atoms with Gasteiger partial charge in [0.1, 0.15) is 27.6 Å². The highest BCUT2D eigenvalue weighted by molar-refractivity contribution is 7.11. The molecule has 0 unspecified atom stereocenters. The topological polar surface area (TPSA) is 119 Å². The summed E-state index contributed by atoms with van der Waals surface area (Å²) in [5.74, 6) is 1.02. The molecule has 6 rings (SSSR count). The van der Waals surface area contributed by atoms with Crippen LogP contribution in [0.5, 0.6) is 0 Å². The number of nitrogens with one attached hydrogen (secondary N) is 2. The molecule has 10 nitrogen and oxygen atoms in total. The summed E-state index contributed by atoms with van der Waals surface area (Å²) in [4.78, 5) is 34.6. The number of anilines is 1. The van der Waals surface area contributed by atoms with Gasteiger partial charge in [-0.05, 0) is 30.9 Å². The maximum absolute atomic E-state index is 13.1. The molecule has 0 bridgehead atoms. The number of hydrogen-bond acceptors (Lipinski definition) is 8. The summed E-state index contributed by atoms with van der Waals surface area (Å²) in [6.07, 6.45) is 12.4. The molecule has 1 amide bonds. The highest BCUT2D eigenvalue weighted by Crippen LogP contribution is 2.41. The summed E-state index contributed by atoms with van der Waals surface area (Å²) < 4.78 is 3.48. The fourth-order valence-electron chi connectivity index (χ4n) is 4.20. The number of amides is 1. The summed E-state index contributed by atoms with van der Waals surface area (Å²) >= 11 is 1.58. The molecule has 168 valence electrons. The van der Waals surface area contributed by atoms with Crippen molar-refractivity contribution >= 4 is 28.4 Å². The van der Waals surface area contributed by atoms with Crippen LogP contribution in [0.15, 0.2) is 41.8 Å². The lowest BCUT2D eigenvalue weighted by atomic mass is 10.2. The molecule has 1 atom stereocenters. The van der Waals surface area contributed by atoms with Crippen LogP contribution in [0.1, 0.15) is 52.6 Å². The number of aryl methyl sites for hydroxylation is 1. The minimum atomic E-state index is -0.566. The molecule has 2 aliphatic rings. The number of hydrogen-bond donors (Lipinski definition) is 2. The normalized spacial score (nSPS) is 17.3. The maximum Gasteiger partial charge on any atom is 0.277 e. The van der Waals surface area contributed by atoms with Crippen LogP contribution in [0.2, 0.25) is 0 Å². The van der Waals surface area contributed by atoms with Crippen molar-refractivity contribution in [3.63, 3.8) is 0 Å². The first-order valence-electron chi connectivity index (χ1n) is 11.0. The van der Waals surface area contributed by atoms with Crippen molar-refractivity contribution in [2.45, 2.75) is 50.7 Å². The average Bonchev–Trinajstić information content (AvgIpc) is 3.23. The van der Waals surface area contributed by atoms with E-state index in [1.54, 1.807) is 29.9 Å². The first kappa shape index (κ1) is 20.0. The predicted octanol–water partition coefficient (Wildman–Crippen LogP) is 2.04. The minimum absolute atomic E-state index is 0.179. The van der Waals surface area contributed by atoms with Gasteiger partial charge in [0.25, 0.3) is 5.56 Å². The molecule has 0 spiro atoms. The molecule has 11 heteroatoms. The number of carbonyl (C=O) groups is 1. The largest absolute Gasteiger partial charge is 0.373 e. The fourth-order valence-corrected chi connectivity index (χ4v) is 5.15. The zero-order valence-electron chi connectivity index (χ0n) is 17.8. The number of fused-ring (bicyclic) bond motifs is 2. The molecule has 1 saturated carbocycles. The summed E-state index contributed by atoms with van der Waals surface area (Å²) in [5.41, 5.74) is 2.07. The van der Waals surface area contributed by atoms with E-state index in [0.29, 0.717) is 43.4 Å². The van der Waals surface area contributed by atoms with E-state index in [4.69, 9.17) is 0 Å². The second-order valence-electron chi connectivity index (χ2n) is 8.45. The zero-order valence-corrected chi connectivity index (χ0v) is 18.6. The molecule has 1 fully saturated rings. The Kier molecular flexibility index (Phi) is 4.90. The van der Waals surface area contributed by atoms with Crippen molar-refractivity contribution < 1.29 is 4.79 Å². The molecule has 4 aromatic rings. The first-order valence-corrected chi connectivity index (χ1v) is 11.8. The van der Waals surface area contributed by atoms with E-state index in [1.165, 1.54) is 17.4 Å². The van der Waals surface area contributed by atoms with E-state index in [0.717, 1.165) is 21.1 Å². The highest BCUT2D eigenvalue weighted by atomic mass is 32.1. The van der Waals surface area contributed by atoms with E-state index < -0.39 is 6.04 Å². The Morgan fingerprint density at radius 2 is 2.09 bits per heavy atom.